The summed E-state index contributed by atoms with van der Waals surface area (Å²) >= 11 is 1.38. The highest BCUT2D eigenvalue weighted by atomic mass is 32.1. The van der Waals surface area contributed by atoms with E-state index >= 15 is 0 Å². The molecule has 4 aromatic rings. The summed E-state index contributed by atoms with van der Waals surface area (Å²) in [6.07, 6.45) is 0.243. The summed E-state index contributed by atoms with van der Waals surface area (Å²) in [6, 6.07) is 19.4. The Labute approximate surface area is 165 Å². The molecule has 3 aromatic carbocycles. The van der Waals surface area contributed by atoms with Crippen LogP contribution in [-0.4, -0.2) is 23.6 Å². The number of esters is 1. The van der Waals surface area contributed by atoms with Crippen molar-refractivity contribution in [3.05, 3.63) is 76.6 Å². The van der Waals surface area contributed by atoms with E-state index in [9.17, 15) is 9.59 Å². The molecule has 0 bridgehead atoms. The number of rotatable bonds is 3. The first-order valence-electron chi connectivity index (χ1n) is 8.78. The average Bonchev–Trinajstić information content (AvgIpc) is 3.01. The average molecular weight is 390 g/mol. The zero-order valence-corrected chi connectivity index (χ0v) is 16.3. The number of ether oxygens (including phenoxy) is 1. The van der Waals surface area contributed by atoms with Gasteiger partial charge in [0.05, 0.1) is 29.3 Å². The summed E-state index contributed by atoms with van der Waals surface area (Å²) in [7, 11) is 3.21. The summed E-state index contributed by atoms with van der Waals surface area (Å²) in [6.45, 7) is 0. The minimum Gasteiger partial charge on any atom is -0.465 e. The summed E-state index contributed by atoms with van der Waals surface area (Å²) in [5.74, 6) is -0.588. The van der Waals surface area contributed by atoms with Crippen molar-refractivity contribution in [2.24, 2.45) is 12.0 Å². The van der Waals surface area contributed by atoms with Gasteiger partial charge in [0.15, 0.2) is 4.80 Å². The second-order valence-electron chi connectivity index (χ2n) is 6.48. The van der Waals surface area contributed by atoms with Gasteiger partial charge < -0.3 is 9.30 Å². The second kappa shape index (κ2) is 7.40. The van der Waals surface area contributed by atoms with Crippen molar-refractivity contribution in [3.8, 4) is 0 Å². The Hall–Kier alpha value is -3.25. The molecule has 0 spiro atoms. The quantitative estimate of drug-likeness (QED) is 0.499. The topological polar surface area (TPSA) is 60.7 Å². The van der Waals surface area contributed by atoms with Gasteiger partial charge in [0.2, 0.25) is 0 Å². The molecule has 0 N–H and O–H groups in total. The molecule has 28 heavy (non-hydrogen) atoms. The summed E-state index contributed by atoms with van der Waals surface area (Å²) in [5.41, 5.74) is 2.32. The van der Waals surface area contributed by atoms with Crippen LogP contribution in [-0.2, 0) is 23.0 Å². The van der Waals surface area contributed by atoms with Gasteiger partial charge in [0.1, 0.15) is 0 Å². The number of thiazole rings is 1. The summed E-state index contributed by atoms with van der Waals surface area (Å²) < 4.78 is 7.50. The Morgan fingerprint density at radius 2 is 1.82 bits per heavy atom. The lowest BCUT2D eigenvalue weighted by Gasteiger charge is -2.01. The molecule has 0 aliphatic carbocycles. The van der Waals surface area contributed by atoms with E-state index in [0.29, 0.717) is 10.4 Å². The summed E-state index contributed by atoms with van der Waals surface area (Å²) in [5, 5.41) is 2.25. The zero-order valence-electron chi connectivity index (χ0n) is 15.5. The number of carbonyl (C=O) groups excluding carboxylic acids is 2. The highest BCUT2D eigenvalue weighted by Crippen LogP contribution is 2.19. The smallest absolute Gasteiger partial charge is 0.337 e. The van der Waals surface area contributed by atoms with Crippen LogP contribution >= 0.6 is 11.3 Å². The van der Waals surface area contributed by atoms with Gasteiger partial charge in [-0.3, -0.25) is 4.79 Å². The number of aryl methyl sites for hydroxylation is 1. The maximum absolute atomic E-state index is 12.5. The fourth-order valence-corrected chi connectivity index (χ4v) is 4.23. The Bertz CT molecular complexity index is 1280. The number of aromatic nitrogens is 1. The van der Waals surface area contributed by atoms with Crippen molar-refractivity contribution in [2.75, 3.05) is 7.11 Å². The van der Waals surface area contributed by atoms with Crippen LogP contribution in [0.2, 0.25) is 0 Å². The van der Waals surface area contributed by atoms with Crippen LogP contribution in [0.1, 0.15) is 15.9 Å². The van der Waals surface area contributed by atoms with Crippen LogP contribution < -0.4 is 4.80 Å². The molecule has 1 amide bonds. The Kier molecular flexibility index (Phi) is 4.79. The standard InChI is InChI=1S/C22H18N2O3S/c1-24-18-10-9-17(21(26)27-2)13-19(18)28-22(24)23-20(25)12-14-7-8-15-5-3-4-6-16(15)11-14/h3-11,13H,12H2,1-2H3. The van der Waals surface area contributed by atoms with E-state index in [-0.39, 0.29) is 18.3 Å². The number of amides is 1. The predicted molar refractivity (Wildman–Crippen MR) is 110 cm³/mol. The highest BCUT2D eigenvalue weighted by Gasteiger charge is 2.10. The number of hydrogen-bond acceptors (Lipinski definition) is 4. The third-order valence-corrected chi connectivity index (χ3v) is 5.71. The van der Waals surface area contributed by atoms with E-state index in [4.69, 9.17) is 4.74 Å². The lowest BCUT2D eigenvalue weighted by atomic mass is 10.1. The number of hydrogen-bond donors (Lipinski definition) is 0. The van der Waals surface area contributed by atoms with Gasteiger partial charge in [-0.25, -0.2) is 4.79 Å². The van der Waals surface area contributed by atoms with Gasteiger partial charge >= 0.3 is 5.97 Å². The molecule has 1 heterocycles. The Morgan fingerprint density at radius 3 is 2.61 bits per heavy atom. The maximum atomic E-state index is 12.5. The van der Waals surface area contributed by atoms with Gasteiger partial charge in [-0.1, -0.05) is 53.8 Å². The molecule has 0 aliphatic heterocycles. The van der Waals surface area contributed by atoms with Gasteiger partial charge in [-0.2, -0.15) is 4.99 Å². The SMILES string of the molecule is COC(=O)c1ccc2c(c1)sc(=NC(=O)Cc1ccc3ccccc3c1)n2C. The van der Waals surface area contributed by atoms with Gasteiger partial charge in [0, 0.05) is 7.05 Å². The van der Waals surface area contributed by atoms with Gasteiger partial charge in [-0.05, 0) is 34.5 Å². The molecular weight excluding hydrogens is 372 g/mol. The number of benzene rings is 3. The Morgan fingerprint density at radius 1 is 1.04 bits per heavy atom. The van der Waals surface area contributed by atoms with Crippen molar-refractivity contribution in [1.29, 1.82) is 0 Å². The molecule has 1 aromatic heterocycles. The van der Waals surface area contributed by atoms with E-state index in [0.717, 1.165) is 26.6 Å². The fraction of sp³-hybridized carbons (Fsp3) is 0.136. The van der Waals surface area contributed by atoms with Gasteiger partial charge in [0.25, 0.3) is 5.91 Å². The lowest BCUT2D eigenvalue weighted by molar-refractivity contribution is -0.117. The van der Waals surface area contributed by atoms with Crippen LogP contribution in [0.5, 0.6) is 0 Å². The van der Waals surface area contributed by atoms with Crippen LogP contribution in [0.3, 0.4) is 0 Å². The third-order valence-electron chi connectivity index (χ3n) is 4.62. The highest BCUT2D eigenvalue weighted by molar-refractivity contribution is 7.16. The zero-order chi connectivity index (χ0) is 19.7. The van der Waals surface area contributed by atoms with Crippen LogP contribution in [0.4, 0.5) is 0 Å². The largest absolute Gasteiger partial charge is 0.465 e. The van der Waals surface area contributed by atoms with Crippen LogP contribution in [0.15, 0.2) is 65.7 Å². The minimum atomic E-state index is -0.385. The first kappa shape index (κ1) is 18.1. The molecule has 0 unspecified atom stereocenters. The molecule has 0 radical (unpaired) electrons. The molecular formula is C22H18N2O3S. The van der Waals surface area contributed by atoms with Crippen LogP contribution in [0, 0.1) is 0 Å². The number of nitrogens with zero attached hydrogens (tertiary/aromatic N) is 2. The van der Waals surface area contributed by atoms with E-state index < -0.39 is 0 Å². The second-order valence-corrected chi connectivity index (χ2v) is 7.49. The first-order chi connectivity index (χ1) is 13.5. The molecule has 4 rings (SSSR count). The molecule has 0 saturated carbocycles. The van der Waals surface area contributed by atoms with E-state index in [1.165, 1.54) is 18.4 Å². The maximum Gasteiger partial charge on any atom is 0.337 e. The van der Waals surface area contributed by atoms with Crippen molar-refractivity contribution >= 4 is 44.2 Å². The number of fused-ring (bicyclic) bond motifs is 2. The molecule has 0 aliphatic rings. The fourth-order valence-electron chi connectivity index (χ4n) is 3.16. The van der Waals surface area contributed by atoms with Crippen molar-refractivity contribution in [2.45, 2.75) is 6.42 Å². The van der Waals surface area contributed by atoms with E-state index in [1.807, 2.05) is 60.1 Å². The Balaban J connectivity index is 1.65. The third kappa shape index (κ3) is 3.46. The number of methoxy groups -OCH3 is 1. The minimum absolute atomic E-state index is 0.203. The van der Waals surface area contributed by atoms with E-state index in [2.05, 4.69) is 4.99 Å². The first-order valence-corrected chi connectivity index (χ1v) is 9.60. The van der Waals surface area contributed by atoms with Crippen molar-refractivity contribution < 1.29 is 14.3 Å². The molecule has 0 atom stereocenters. The molecule has 140 valence electrons. The van der Waals surface area contributed by atoms with Gasteiger partial charge in [-0.15, -0.1) is 0 Å². The monoisotopic (exact) mass is 390 g/mol. The molecule has 0 fully saturated rings. The van der Waals surface area contributed by atoms with Crippen molar-refractivity contribution in [3.63, 3.8) is 0 Å². The van der Waals surface area contributed by atoms with E-state index in [1.54, 1.807) is 12.1 Å². The molecule has 6 heteroatoms. The molecule has 0 saturated heterocycles. The lowest BCUT2D eigenvalue weighted by Crippen LogP contribution is -2.14. The molecule has 5 nitrogen and oxygen atoms in total. The van der Waals surface area contributed by atoms with Crippen molar-refractivity contribution in [1.82, 2.24) is 4.57 Å². The van der Waals surface area contributed by atoms with Crippen LogP contribution in [0.25, 0.3) is 21.0 Å². The normalized spacial score (nSPS) is 11.9. The predicted octanol–water partition coefficient (Wildman–Crippen LogP) is 3.85. The summed E-state index contributed by atoms with van der Waals surface area (Å²) in [4.78, 5) is 29.1. The number of carbonyl (C=O) groups is 2.